The van der Waals surface area contributed by atoms with Crippen LogP contribution >= 0.6 is 0 Å². The molecule has 0 bridgehead atoms. The van der Waals surface area contributed by atoms with Gasteiger partial charge in [-0.1, -0.05) is 26.0 Å². The Morgan fingerprint density at radius 2 is 1.69 bits per heavy atom. The summed E-state index contributed by atoms with van der Waals surface area (Å²) in [7, 11) is 1.60. The smallest absolute Gasteiger partial charge is 0.246 e. The van der Waals surface area contributed by atoms with E-state index in [0.29, 0.717) is 24.2 Å². The molecule has 32 heavy (non-hydrogen) atoms. The van der Waals surface area contributed by atoms with Crippen LogP contribution in [-0.2, 0) is 19.2 Å². The third-order valence-electron chi connectivity index (χ3n) is 5.55. The standard InChI is InChI=1S/C24H36N4O4/c1-5-14-27(15-6-2)23(31)13-9-12-22(30)26(4)17-24(32)28-18(3)16-21(29)25-19-10-7-8-11-20(19)28/h7-8,10-11,18H,5-6,9,12-17H2,1-4H3,(H,25,29). The monoisotopic (exact) mass is 444 g/mol. The molecule has 4 amide bonds. The number of anilines is 2. The predicted octanol–water partition coefficient (Wildman–Crippen LogP) is 3.03. The highest BCUT2D eigenvalue weighted by Gasteiger charge is 2.30. The van der Waals surface area contributed by atoms with Crippen LogP contribution in [0.25, 0.3) is 0 Å². The molecule has 2 rings (SSSR count). The molecule has 0 saturated carbocycles. The van der Waals surface area contributed by atoms with Gasteiger partial charge in [-0.3, -0.25) is 19.2 Å². The van der Waals surface area contributed by atoms with E-state index < -0.39 is 0 Å². The molecule has 176 valence electrons. The van der Waals surface area contributed by atoms with Crippen molar-refractivity contribution in [2.75, 3.05) is 36.9 Å². The van der Waals surface area contributed by atoms with Crippen LogP contribution in [0.2, 0.25) is 0 Å². The maximum atomic E-state index is 13.1. The number of hydrogen-bond acceptors (Lipinski definition) is 4. The Balaban J connectivity index is 1.93. The summed E-state index contributed by atoms with van der Waals surface area (Å²) in [6.45, 7) is 7.30. The number of hydrogen-bond donors (Lipinski definition) is 1. The van der Waals surface area contributed by atoms with Crippen LogP contribution in [0, 0.1) is 0 Å². The third-order valence-corrected chi connectivity index (χ3v) is 5.55. The lowest BCUT2D eigenvalue weighted by Crippen LogP contribution is -2.45. The molecule has 1 aromatic rings. The van der Waals surface area contributed by atoms with Gasteiger partial charge in [0.2, 0.25) is 23.6 Å². The topological polar surface area (TPSA) is 90.0 Å². The van der Waals surface area contributed by atoms with Crippen molar-refractivity contribution in [2.45, 2.75) is 65.3 Å². The quantitative estimate of drug-likeness (QED) is 0.601. The van der Waals surface area contributed by atoms with Gasteiger partial charge in [0.1, 0.15) is 0 Å². The molecular formula is C24H36N4O4. The summed E-state index contributed by atoms with van der Waals surface area (Å²) in [4.78, 5) is 55.0. The van der Waals surface area contributed by atoms with Crippen molar-refractivity contribution in [1.29, 1.82) is 0 Å². The predicted molar refractivity (Wildman–Crippen MR) is 125 cm³/mol. The van der Waals surface area contributed by atoms with E-state index in [9.17, 15) is 19.2 Å². The number of nitrogens with zero attached hydrogens (tertiary/aromatic N) is 3. The fraction of sp³-hybridized carbons (Fsp3) is 0.583. The Morgan fingerprint density at radius 3 is 2.34 bits per heavy atom. The maximum Gasteiger partial charge on any atom is 0.246 e. The molecule has 1 aliphatic rings. The highest BCUT2D eigenvalue weighted by molar-refractivity contribution is 6.05. The van der Waals surface area contributed by atoms with Gasteiger partial charge in [-0.2, -0.15) is 0 Å². The second kappa shape index (κ2) is 12.2. The van der Waals surface area contributed by atoms with Crippen molar-refractivity contribution in [3.05, 3.63) is 24.3 Å². The second-order valence-corrected chi connectivity index (χ2v) is 8.37. The summed E-state index contributed by atoms with van der Waals surface area (Å²) < 4.78 is 0. The fourth-order valence-electron chi connectivity index (χ4n) is 3.98. The summed E-state index contributed by atoms with van der Waals surface area (Å²) in [6.07, 6.45) is 3.02. The van der Waals surface area contributed by atoms with E-state index in [-0.39, 0.29) is 49.1 Å². The Kier molecular flexibility index (Phi) is 9.68. The first-order chi connectivity index (χ1) is 15.3. The molecule has 8 heteroatoms. The molecule has 1 aromatic carbocycles. The molecule has 0 radical (unpaired) electrons. The maximum absolute atomic E-state index is 13.1. The molecule has 0 saturated heterocycles. The molecular weight excluding hydrogens is 408 g/mol. The first kappa shape index (κ1) is 25.4. The van der Waals surface area contributed by atoms with Crippen molar-refractivity contribution in [3.63, 3.8) is 0 Å². The van der Waals surface area contributed by atoms with E-state index in [1.807, 2.05) is 31.7 Å². The van der Waals surface area contributed by atoms with E-state index in [4.69, 9.17) is 0 Å². The lowest BCUT2D eigenvalue weighted by molar-refractivity contribution is -0.135. The molecule has 0 aromatic heterocycles. The SMILES string of the molecule is CCCN(CCC)C(=O)CCCC(=O)N(C)CC(=O)N1c2ccccc2NC(=O)CC1C. The zero-order valence-electron chi connectivity index (χ0n) is 19.7. The van der Waals surface area contributed by atoms with Crippen LogP contribution in [0.1, 0.15) is 59.3 Å². The van der Waals surface area contributed by atoms with Crippen molar-refractivity contribution in [3.8, 4) is 0 Å². The normalized spacial score (nSPS) is 15.4. The van der Waals surface area contributed by atoms with Gasteiger partial charge in [0.05, 0.1) is 17.9 Å². The molecule has 0 spiro atoms. The Hall–Kier alpha value is -2.90. The number of para-hydroxylation sites is 2. The number of nitrogens with one attached hydrogen (secondary N) is 1. The molecule has 1 atom stereocenters. The molecule has 1 aliphatic heterocycles. The zero-order chi connectivity index (χ0) is 23.7. The van der Waals surface area contributed by atoms with E-state index >= 15 is 0 Å². The van der Waals surface area contributed by atoms with Crippen LogP contribution in [0.4, 0.5) is 11.4 Å². The minimum Gasteiger partial charge on any atom is -0.343 e. The van der Waals surface area contributed by atoms with Crippen LogP contribution in [-0.4, -0.2) is 66.2 Å². The van der Waals surface area contributed by atoms with Gasteiger partial charge < -0.3 is 20.0 Å². The highest BCUT2D eigenvalue weighted by Crippen LogP contribution is 2.31. The minimum absolute atomic E-state index is 0.0763. The van der Waals surface area contributed by atoms with Crippen LogP contribution in [0.3, 0.4) is 0 Å². The third kappa shape index (κ3) is 6.80. The molecule has 1 N–H and O–H groups in total. The molecule has 8 nitrogen and oxygen atoms in total. The van der Waals surface area contributed by atoms with Gasteiger partial charge in [0, 0.05) is 45.4 Å². The van der Waals surface area contributed by atoms with E-state index in [1.165, 1.54) is 4.90 Å². The summed E-state index contributed by atoms with van der Waals surface area (Å²) in [5, 5.41) is 2.83. The van der Waals surface area contributed by atoms with Gasteiger partial charge in [-0.25, -0.2) is 0 Å². The Bertz CT molecular complexity index is 820. The van der Waals surface area contributed by atoms with E-state index in [2.05, 4.69) is 5.32 Å². The molecule has 1 heterocycles. The zero-order valence-corrected chi connectivity index (χ0v) is 19.7. The van der Waals surface area contributed by atoms with Crippen molar-refractivity contribution in [1.82, 2.24) is 9.80 Å². The largest absolute Gasteiger partial charge is 0.343 e. The fourth-order valence-corrected chi connectivity index (χ4v) is 3.98. The van der Waals surface area contributed by atoms with Gasteiger partial charge in [0.25, 0.3) is 0 Å². The summed E-state index contributed by atoms with van der Waals surface area (Å²) in [5.41, 5.74) is 1.22. The first-order valence-electron chi connectivity index (χ1n) is 11.5. The summed E-state index contributed by atoms with van der Waals surface area (Å²) in [5.74, 6) is -0.485. The number of carbonyl (C=O) groups excluding carboxylic acids is 4. The number of amides is 4. The number of benzene rings is 1. The Labute approximate surface area is 190 Å². The molecule has 0 fully saturated rings. The van der Waals surface area contributed by atoms with Crippen LogP contribution < -0.4 is 10.2 Å². The van der Waals surface area contributed by atoms with Crippen molar-refractivity contribution < 1.29 is 19.2 Å². The summed E-state index contributed by atoms with van der Waals surface area (Å²) >= 11 is 0. The highest BCUT2D eigenvalue weighted by atomic mass is 16.2. The van der Waals surface area contributed by atoms with E-state index in [0.717, 1.165) is 25.9 Å². The lowest BCUT2D eigenvalue weighted by Gasteiger charge is -2.29. The van der Waals surface area contributed by atoms with Gasteiger partial charge in [0.15, 0.2) is 0 Å². The average molecular weight is 445 g/mol. The first-order valence-corrected chi connectivity index (χ1v) is 11.5. The van der Waals surface area contributed by atoms with Gasteiger partial charge in [-0.15, -0.1) is 0 Å². The minimum atomic E-state index is -0.324. The number of carbonyl (C=O) groups is 4. The van der Waals surface area contributed by atoms with Crippen LogP contribution in [0.5, 0.6) is 0 Å². The molecule has 0 aliphatic carbocycles. The molecule has 1 unspecified atom stereocenters. The van der Waals surface area contributed by atoms with Crippen molar-refractivity contribution in [2.24, 2.45) is 0 Å². The lowest BCUT2D eigenvalue weighted by atomic mass is 10.1. The van der Waals surface area contributed by atoms with Crippen molar-refractivity contribution >= 4 is 35.0 Å². The Morgan fingerprint density at radius 1 is 1.06 bits per heavy atom. The second-order valence-electron chi connectivity index (χ2n) is 8.37. The average Bonchev–Trinajstić information content (AvgIpc) is 2.87. The number of rotatable bonds is 10. The van der Waals surface area contributed by atoms with Crippen LogP contribution in [0.15, 0.2) is 24.3 Å². The summed E-state index contributed by atoms with van der Waals surface area (Å²) in [6, 6.07) is 6.85. The van der Waals surface area contributed by atoms with E-state index in [1.54, 1.807) is 30.1 Å². The van der Waals surface area contributed by atoms with Gasteiger partial charge in [-0.05, 0) is 38.3 Å². The number of likely N-dealkylation sites (N-methyl/N-ethyl adjacent to an activating group) is 1. The number of fused-ring (bicyclic) bond motifs is 1. The van der Waals surface area contributed by atoms with Gasteiger partial charge >= 0.3 is 0 Å².